The average Bonchev–Trinajstić information content (AvgIpc) is 2.70. The number of ether oxygens (including phenoxy) is 2. The summed E-state index contributed by atoms with van der Waals surface area (Å²) in [6.45, 7) is 12.8. The molecule has 0 heterocycles. The first-order valence-corrected chi connectivity index (χ1v) is 10.3. The Morgan fingerprint density at radius 1 is 0.733 bits per heavy atom. The monoisotopic (exact) mass is 428 g/mol. The maximum absolute atomic E-state index is 11.9. The summed E-state index contributed by atoms with van der Waals surface area (Å²) in [7, 11) is 0. The highest BCUT2D eigenvalue weighted by atomic mass is 16.5. The Hall–Kier alpha value is -2.78. The molecular weight excluding hydrogens is 392 g/mol. The molecule has 0 aliphatic rings. The summed E-state index contributed by atoms with van der Waals surface area (Å²) < 4.78 is 10.2. The van der Waals surface area contributed by atoms with Crippen molar-refractivity contribution in [2.24, 2.45) is 0 Å². The molecule has 0 rings (SSSR count). The quantitative estimate of drug-likeness (QED) is 0.359. The Morgan fingerprint density at radius 2 is 1.07 bits per heavy atom. The Balaban J connectivity index is 4.46. The first kappa shape index (κ1) is 27.2. The number of rotatable bonds is 12. The number of esters is 2. The number of urea groups is 2. The van der Waals surface area contributed by atoms with E-state index in [1.807, 2.05) is 27.7 Å². The Morgan fingerprint density at radius 3 is 1.33 bits per heavy atom. The van der Waals surface area contributed by atoms with Crippen molar-refractivity contribution >= 4 is 24.0 Å². The molecule has 0 unspecified atom stereocenters. The summed E-state index contributed by atoms with van der Waals surface area (Å²) in [6.07, 6.45) is 1.95. The van der Waals surface area contributed by atoms with Crippen LogP contribution in [0.4, 0.5) is 9.59 Å². The molecule has 2 N–H and O–H groups in total. The van der Waals surface area contributed by atoms with Gasteiger partial charge in [-0.05, 0) is 41.5 Å². The van der Waals surface area contributed by atoms with Crippen LogP contribution >= 0.6 is 0 Å². The van der Waals surface area contributed by atoms with E-state index in [2.05, 4.69) is 10.6 Å². The van der Waals surface area contributed by atoms with Crippen LogP contribution in [0.1, 0.15) is 41.5 Å². The van der Waals surface area contributed by atoms with Crippen LogP contribution in [0.2, 0.25) is 0 Å². The van der Waals surface area contributed by atoms with Crippen LogP contribution in [-0.2, 0) is 19.1 Å². The van der Waals surface area contributed by atoms with Crippen molar-refractivity contribution in [3.63, 3.8) is 0 Å². The lowest BCUT2D eigenvalue weighted by atomic mass is 10.3. The number of nitrogens with one attached hydrogen (secondary N) is 2. The predicted octanol–water partition coefficient (Wildman–Crippen LogP) is 1.51. The third-order valence-corrected chi connectivity index (χ3v) is 4.21. The van der Waals surface area contributed by atoms with Crippen LogP contribution < -0.4 is 10.6 Å². The fourth-order valence-corrected chi connectivity index (χ4v) is 2.63. The molecule has 0 aromatic carbocycles. The summed E-state index contributed by atoms with van der Waals surface area (Å²) in [6, 6.07) is -1.10. The van der Waals surface area contributed by atoms with E-state index in [0.29, 0.717) is 26.2 Å². The van der Waals surface area contributed by atoms with Crippen LogP contribution in [0, 0.1) is 0 Å². The van der Waals surface area contributed by atoms with Gasteiger partial charge in [0.05, 0.1) is 12.1 Å². The first-order chi connectivity index (χ1) is 14.2. The lowest BCUT2D eigenvalue weighted by molar-refractivity contribution is -0.141. The molecule has 0 bridgehead atoms. The average molecular weight is 429 g/mol. The van der Waals surface area contributed by atoms with E-state index in [9.17, 15) is 19.2 Å². The summed E-state index contributed by atoms with van der Waals surface area (Å²) in [5.41, 5.74) is 0. The van der Waals surface area contributed by atoms with Gasteiger partial charge in [-0.25, -0.2) is 19.2 Å². The van der Waals surface area contributed by atoms with Gasteiger partial charge in [-0.3, -0.25) is 0 Å². The number of carbonyl (C=O) groups is 4. The molecule has 0 aliphatic heterocycles. The van der Waals surface area contributed by atoms with E-state index in [-0.39, 0.29) is 37.4 Å². The largest absolute Gasteiger partial charge is 0.460 e. The van der Waals surface area contributed by atoms with Gasteiger partial charge in [-0.1, -0.05) is 0 Å². The Labute approximate surface area is 178 Å². The lowest BCUT2D eigenvalue weighted by Crippen LogP contribution is -2.46. The molecule has 2 atom stereocenters. The number of nitrogens with zero attached hydrogens (tertiary/aromatic N) is 2. The van der Waals surface area contributed by atoms with Crippen molar-refractivity contribution in [3.8, 4) is 0 Å². The van der Waals surface area contributed by atoms with E-state index in [4.69, 9.17) is 9.47 Å². The minimum atomic E-state index is -0.712. The molecule has 0 saturated heterocycles. The van der Waals surface area contributed by atoms with Gasteiger partial charge in [0, 0.05) is 38.3 Å². The molecule has 172 valence electrons. The summed E-state index contributed by atoms with van der Waals surface area (Å²) in [4.78, 5) is 50.6. The zero-order valence-electron chi connectivity index (χ0n) is 18.9. The van der Waals surface area contributed by atoms with E-state index in [0.717, 1.165) is 12.2 Å². The van der Waals surface area contributed by atoms with Crippen LogP contribution in [0.3, 0.4) is 0 Å². The van der Waals surface area contributed by atoms with Crippen molar-refractivity contribution in [3.05, 3.63) is 12.2 Å². The highest BCUT2D eigenvalue weighted by Crippen LogP contribution is 2.02. The standard InChI is InChI=1S/C20H36N4O6/c1-7-21-19(27)23(9-3)15(5)13-29-17(25)11-12-18(26)30-14-16(6)24(10-4)20(28)22-8-2/h11-12,15-16H,7-10,13-14H2,1-6H3,(H,21,27)(H,22,28)/b12-11+/t15-,16-/m1/s1. The highest BCUT2D eigenvalue weighted by Gasteiger charge is 2.20. The summed E-state index contributed by atoms with van der Waals surface area (Å²) in [5.74, 6) is -1.42. The number of carbonyl (C=O) groups excluding carboxylic acids is 4. The fraction of sp³-hybridized carbons (Fsp3) is 0.700. The highest BCUT2D eigenvalue weighted by molar-refractivity contribution is 5.91. The van der Waals surface area contributed by atoms with Gasteiger partial charge >= 0.3 is 24.0 Å². The van der Waals surface area contributed by atoms with Crippen molar-refractivity contribution in [1.29, 1.82) is 0 Å². The van der Waals surface area contributed by atoms with Gasteiger partial charge < -0.3 is 29.9 Å². The first-order valence-electron chi connectivity index (χ1n) is 10.3. The van der Waals surface area contributed by atoms with Crippen LogP contribution in [0.5, 0.6) is 0 Å². The fourth-order valence-electron chi connectivity index (χ4n) is 2.63. The van der Waals surface area contributed by atoms with Crippen LogP contribution in [0.15, 0.2) is 12.2 Å². The number of hydrogen-bond acceptors (Lipinski definition) is 6. The van der Waals surface area contributed by atoms with Gasteiger partial charge in [0.15, 0.2) is 0 Å². The third-order valence-electron chi connectivity index (χ3n) is 4.21. The zero-order valence-corrected chi connectivity index (χ0v) is 18.9. The van der Waals surface area contributed by atoms with Gasteiger partial charge in [0.25, 0.3) is 0 Å². The molecule has 0 aromatic heterocycles. The van der Waals surface area contributed by atoms with E-state index < -0.39 is 11.9 Å². The third kappa shape index (κ3) is 10.1. The molecular formula is C20H36N4O6. The molecule has 0 saturated carbocycles. The maximum atomic E-state index is 11.9. The van der Waals surface area contributed by atoms with Gasteiger partial charge in [-0.2, -0.15) is 0 Å². The second-order valence-electron chi connectivity index (χ2n) is 6.53. The van der Waals surface area contributed by atoms with Crippen LogP contribution in [-0.4, -0.2) is 85.3 Å². The summed E-state index contributed by atoms with van der Waals surface area (Å²) in [5, 5.41) is 5.39. The van der Waals surface area contributed by atoms with Crippen LogP contribution in [0.25, 0.3) is 0 Å². The Bertz CT molecular complexity index is 546. The minimum absolute atomic E-state index is 0.00176. The van der Waals surface area contributed by atoms with E-state index >= 15 is 0 Å². The van der Waals surface area contributed by atoms with Crippen molar-refractivity contribution in [1.82, 2.24) is 20.4 Å². The molecule has 4 amide bonds. The van der Waals surface area contributed by atoms with Crippen molar-refractivity contribution in [2.45, 2.75) is 53.6 Å². The molecule has 10 nitrogen and oxygen atoms in total. The topological polar surface area (TPSA) is 117 Å². The van der Waals surface area contributed by atoms with Crippen molar-refractivity contribution in [2.75, 3.05) is 39.4 Å². The van der Waals surface area contributed by atoms with E-state index in [1.165, 1.54) is 0 Å². The smallest absolute Gasteiger partial charge is 0.331 e. The molecule has 0 fully saturated rings. The summed E-state index contributed by atoms with van der Waals surface area (Å²) >= 11 is 0. The second-order valence-corrected chi connectivity index (χ2v) is 6.53. The number of hydrogen-bond donors (Lipinski definition) is 2. The zero-order chi connectivity index (χ0) is 23.1. The lowest BCUT2D eigenvalue weighted by Gasteiger charge is -2.27. The van der Waals surface area contributed by atoms with E-state index in [1.54, 1.807) is 23.6 Å². The molecule has 30 heavy (non-hydrogen) atoms. The molecule has 0 spiro atoms. The second kappa shape index (κ2) is 15.1. The van der Waals surface area contributed by atoms with Gasteiger partial charge in [0.1, 0.15) is 13.2 Å². The number of likely N-dealkylation sites (N-methyl/N-ethyl adjacent to an activating group) is 2. The Kier molecular flexibility index (Phi) is 13.7. The molecule has 10 heteroatoms. The minimum Gasteiger partial charge on any atom is -0.460 e. The number of amides is 4. The predicted molar refractivity (Wildman–Crippen MR) is 113 cm³/mol. The molecule has 0 radical (unpaired) electrons. The SMILES string of the molecule is CCNC(=O)N(CC)[C@H](C)COC(=O)/C=C/C(=O)OC[C@@H](C)N(CC)C(=O)NCC. The van der Waals surface area contributed by atoms with Gasteiger partial charge in [0.2, 0.25) is 0 Å². The van der Waals surface area contributed by atoms with Gasteiger partial charge in [-0.15, -0.1) is 0 Å². The van der Waals surface area contributed by atoms with Crippen molar-refractivity contribution < 1.29 is 28.7 Å². The maximum Gasteiger partial charge on any atom is 0.331 e. The molecule has 0 aliphatic carbocycles. The normalized spacial score (nSPS) is 12.6. The molecule has 0 aromatic rings.